The van der Waals surface area contributed by atoms with Crippen molar-refractivity contribution in [3.8, 4) is 0 Å². The van der Waals surface area contributed by atoms with Crippen molar-refractivity contribution in [2.75, 3.05) is 0 Å². The number of hydrogen-bond donors (Lipinski definition) is 5. The molecule has 0 heterocycles. The van der Waals surface area contributed by atoms with E-state index in [-0.39, 0.29) is 18.4 Å². The predicted molar refractivity (Wildman–Crippen MR) is 121 cm³/mol. The summed E-state index contributed by atoms with van der Waals surface area (Å²) in [6.45, 7) is 3.59. The van der Waals surface area contributed by atoms with E-state index in [1.807, 2.05) is 67.6 Å². The Bertz CT molecular complexity index is 773. The Kier molecular flexibility index (Phi) is 9.99. The summed E-state index contributed by atoms with van der Waals surface area (Å²) in [6.07, 6.45) is -6.80. The number of benzene rings is 2. The summed E-state index contributed by atoms with van der Waals surface area (Å²) < 4.78 is 0. The van der Waals surface area contributed by atoms with E-state index in [9.17, 15) is 30.0 Å². The standard InChI is InChI=1S/C25H33NO6/c1-16(13-18-9-5-3-6-10-18)14-20(27)21(28)22(29)23(30)24(31)25(32)26-17(2)15-19-11-7-4-8-12-19/h3-12,16-17,21-24,28-31H,13-15H2,1-2H3,(H,26,32)/t16-,17-,21+,22-,23-,24+/m0/s1. The van der Waals surface area contributed by atoms with Crippen molar-refractivity contribution in [2.45, 2.75) is 63.6 Å². The number of ketones is 1. The van der Waals surface area contributed by atoms with Crippen LogP contribution >= 0.6 is 0 Å². The van der Waals surface area contributed by atoms with Crippen molar-refractivity contribution in [1.82, 2.24) is 5.32 Å². The fourth-order valence-corrected chi connectivity index (χ4v) is 3.62. The predicted octanol–water partition coefficient (Wildman–Crippen LogP) is 1.02. The number of carbonyl (C=O) groups is 2. The summed E-state index contributed by atoms with van der Waals surface area (Å²) in [7, 11) is 0. The van der Waals surface area contributed by atoms with Crippen molar-refractivity contribution >= 4 is 11.7 Å². The van der Waals surface area contributed by atoms with Crippen LogP contribution in [0.15, 0.2) is 60.7 Å². The summed E-state index contributed by atoms with van der Waals surface area (Å²) in [6, 6.07) is 18.6. The van der Waals surface area contributed by atoms with E-state index >= 15 is 0 Å². The van der Waals surface area contributed by atoms with Crippen molar-refractivity contribution in [3.63, 3.8) is 0 Å². The first kappa shape index (κ1) is 25.7. The first-order valence-corrected chi connectivity index (χ1v) is 10.8. The highest BCUT2D eigenvalue weighted by molar-refractivity contribution is 5.84. The molecule has 0 fully saturated rings. The molecule has 7 nitrogen and oxygen atoms in total. The molecule has 0 aromatic heterocycles. The third-order valence-electron chi connectivity index (χ3n) is 5.35. The highest BCUT2D eigenvalue weighted by Crippen LogP contribution is 2.16. The summed E-state index contributed by atoms with van der Waals surface area (Å²) in [5.74, 6) is -1.65. The summed E-state index contributed by atoms with van der Waals surface area (Å²) in [4.78, 5) is 24.6. The molecular weight excluding hydrogens is 410 g/mol. The lowest BCUT2D eigenvalue weighted by atomic mass is 9.91. The smallest absolute Gasteiger partial charge is 0.251 e. The van der Waals surface area contributed by atoms with Gasteiger partial charge in [-0.05, 0) is 36.8 Å². The quantitative estimate of drug-likeness (QED) is 0.333. The van der Waals surface area contributed by atoms with Gasteiger partial charge < -0.3 is 25.7 Å². The highest BCUT2D eigenvalue weighted by atomic mass is 16.4. The zero-order chi connectivity index (χ0) is 23.7. The normalized spacial score (nSPS) is 16.9. The minimum atomic E-state index is -2.01. The minimum Gasteiger partial charge on any atom is -0.387 e. The number of hydrogen-bond acceptors (Lipinski definition) is 6. The fourth-order valence-electron chi connectivity index (χ4n) is 3.62. The maximum absolute atomic E-state index is 12.4. The number of carbonyl (C=O) groups excluding carboxylic acids is 2. The molecule has 1 amide bonds. The average Bonchev–Trinajstić information content (AvgIpc) is 2.78. The van der Waals surface area contributed by atoms with Gasteiger partial charge in [0.2, 0.25) is 0 Å². The SMILES string of the molecule is C[C@H](CC(=O)[C@@H](O)[C@H](O)[C@H](O)[C@@H](O)C(=O)N[C@@H](C)Cc1ccccc1)Cc1ccccc1. The van der Waals surface area contributed by atoms with Crippen LogP contribution in [-0.2, 0) is 22.4 Å². The molecule has 0 aliphatic carbocycles. The number of Topliss-reactive ketones (excluding diaryl/α,β-unsaturated/α-hetero) is 1. The topological polar surface area (TPSA) is 127 Å². The monoisotopic (exact) mass is 443 g/mol. The van der Waals surface area contributed by atoms with Crippen LogP contribution in [0, 0.1) is 5.92 Å². The second-order valence-corrected chi connectivity index (χ2v) is 8.44. The first-order valence-electron chi connectivity index (χ1n) is 10.8. The van der Waals surface area contributed by atoms with E-state index in [0.717, 1.165) is 11.1 Å². The molecule has 0 aliphatic rings. The minimum absolute atomic E-state index is 0.0176. The third-order valence-corrected chi connectivity index (χ3v) is 5.35. The van der Waals surface area contributed by atoms with E-state index < -0.39 is 36.1 Å². The maximum Gasteiger partial charge on any atom is 0.251 e. The lowest BCUT2D eigenvalue weighted by molar-refractivity contribution is -0.155. The summed E-state index contributed by atoms with van der Waals surface area (Å²) in [5.41, 5.74) is 2.03. The molecule has 7 heteroatoms. The van der Waals surface area contributed by atoms with Gasteiger partial charge in [-0.3, -0.25) is 9.59 Å². The molecule has 2 aromatic rings. The zero-order valence-corrected chi connectivity index (χ0v) is 18.5. The Labute approximate surface area is 188 Å². The van der Waals surface area contributed by atoms with Crippen LogP contribution in [0.1, 0.15) is 31.4 Å². The largest absolute Gasteiger partial charge is 0.387 e. The van der Waals surface area contributed by atoms with Gasteiger partial charge >= 0.3 is 0 Å². The summed E-state index contributed by atoms with van der Waals surface area (Å²) >= 11 is 0. The van der Waals surface area contributed by atoms with E-state index in [4.69, 9.17) is 0 Å². The van der Waals surface area contributed by atoms with Gasteiger partial charge in [-0.2, -0.15) is 0 Å². The van der Waals surface area contributed by atoms with Crippen molar-refractivity contribution in [1.29, 1.82) is 0 Å². The van der Waals surface area contributed by atoms with Crippen molar-refractivity contribution in [2.24, 2.45) is 5.92 Å². The number of nitrogens with one attached hydrogen (secondary N) is 1. The number of aliphatic hydroxyl groups excluding tert-OH is 4. The van der Waals surface area contributed by atoms with E-state index in [1.165, 1.54) is 0 Å². The van der Waals surface area contributed by atoms with Gasteiger partial charge in [0, 0.05) is 12.5 Å². The Morgan fingerprint density at radius 2 is 1.22 bits per heavy atom. The molecule has 0 unspecified atom stereocenters. The molecule has 5 N–H and O–H groups in total. The summed E-state index contributed by atoms with van der Waals surface area (Å²) in [5, 5.41) is 43.2. The molecule has 0 saturated heterocycles. The van der Waals surface area contributed by atoms with Gasteiger partial charge in [-0.25, -0.2) is 0 Å². The van der Waals surface area contributed by atoms with Gasteiger partial charge in [0.1, 0.15) is 18.3 Å². The van der Waals surface area contributed by atoms with Gasteiger partial charge in [-0.1, -0.05) is 67.6 Å². The van der Waals surface area contributed by atoms with Crippen LogP contribution in [0.3, 0.4) is 0 Å². The molecule has 174 valence electrons. The maximum atomic E-state index is 12.4. The molecule has 0 aliphatic heterocycles. The molecular formula is C25H33NO6. The average molecular weight is 444 g/mol. The van der Waals surface area contributed by atoms with Gasteiger partial charge in [0.25, 0.3) is 5.91 Å². The van der Waals surface area contributed by atoms with Crippen LogP contribution in [0.5, 0.6) is 0 Å². The lowest BCUT2D eigenvalue weighted by Crippen LogP contribution is -2.54. The van der Waals surface area contributed by atoms with E-state index in [1.54, 1.807) is 6.92 Å². The molecule has 0 bridgehead atoms. The van der Waals surface area contributed by atoms with Crippen LogP contribution in [0.4, 0.5) is 0 Å². The van der Waals surface area contributed by atoms with Crippen LogP contribution in [0.2, 0.25) is 0 Å². The van der Waals surface area contributed by atoms with Gasteiger partial charge in [0.15, 0.2) is 11.9 Å². The molecule has 0 radical (unpaired) electrons. The Morgan fingerprint density at radius 1 is 0.750 bits per heavy atom. The van der Waals surface area contributed by atoms with E-state index in [2.05, 4.69) is 5.32 Å². The first-order chi connectivity index (χ1) is 15.2. The van der Waals surface area contributed by atoms with Crippen molar-refractivity contribution < 1.29 is 30.0 Å². The molecule has 2 aromatic carbocycles. The molecule has 0 saturated carbocycles. The van der Waals surface area contributed by atoms with Crippen LogP contribution < -0.4 is 5.32 Å². The van der Waals surface area contributed by atoms with Crippen LogP contribution in [-0.4, -0.2) is 62.6 Å². The number of rotatable bonds is 12. The molecule has 6 atom stereocenters. The molecule has 2 rings (SSSR count). The Balaban J connectivity index is 1.84. The van der Waals surface area contributed by atoms with Crippen molar-refractivity contribution in [3.05, 3.63) is 71.8 Å². The fraction of sp³-hybridized carbons (Fsp3) is 0.440. The van der Waals surface area contributed by atoms with Gasteiger partial charge in [0.05, 0.1) is 0 Å². The number of amides is 1. The second-order valence-electron chi connectivity index (χ2n) is 8.44. The van der Waals surface area contributed by atoms with E-state index in [0.29, 0.717) is 12.8 Å². The Hall–Kier alpha value is -2.58. The zero-order valence-electron chi connectivity index (χ0n) is 18.5. The van der Waals surface area contributed by atoms with Crippen LogP contribution in [0.25, 0.3) is 0 Å². The van der Waals surface area contributed by atoms with Gasteiger partial charge in [-0.15, -0.1) is 0 Å². The highest BCUT2D eigenvalue weighted by Gasteiger charge is 2.37. The lowest BCUT2D eigenvalue weighted by Gasteiger charge is -2.27. The molecule has 32 heavy (non-hydrogen) atoms. The third kappa shape index (κ3) is 7.84. The molecule has 0 spiro atoms. The Morgan fingerprint density at radius 3 is 1.75 bits per heavy atom. The second kappa shape index (κ2) is 12.5. The number of aliphatic hydroxyl groups is 4.